The van der Waals surface area contributed by atoms with E-state index in [9.17, 15) is 4.79 Å². The average molecular weight is 303 g/mol. The molecule has 1 amide bonds. The van der Waals surface area contributed by atoms with Gasteiger partial charge >= 0.3 is 0 Å². The van der Waals surface area contributed by atoms with Gasteiger partial charge in [0.25, 0.3) is 5.91 Å². The van der Waals surface area contributed by atoms with E-state index in [-0.39, 0.29) is 18.7 Å². The van der Waals surface area contributed by atoms with Gasteiger partial charge in [0.05, 0.1) is 13.3 Å². The van der Waals surface area contributed by atoms with E-state index >= 15 is 0 Å². The summed E-state index contributed by atoms with van der Waals surface area (Å²) < 4.78 is 15.9. The van der Waals surface area contributed by atoms with Gasteiger partial charge in [-0.15, -0.1) is 0 Å². The summed E-state index contributed by atoms with van der Waals surface area (Å²) >= 11 is 0. The largest absolute Gasteiger partial charge is 0.463 e. The van der Waals surface area contributed by atoms with Gasteiger partial charge in [-0.3, -0.25) is 4.79 Å². The molecule has 3 rings (SSSR count). The third-order valence-electron chi connectivity index (χ3n) is 3.81. The summed E-state index contributed by atoms with van der Waals surface area (Å²) in [5, 5.41) is 2.91. The molecular weight excluding hydrogens is 284 g/mol. The number of quaternary nitrogens is 1. The molecule has 1 aliphatic rings. The molecule has 2 aromatic rings. The predicted octanol–water partition coefficient (Wildman–Crippen LogP) is 1.05. The number of benzene rings is 1. The molecule has 0 spiro atoms. The lowest BCUT2D eigenvalue weighted by atomic mass is 10.2. The van der Waals surface area contributed by atoms with Gasteiger partial charge in [-0.05, 0) is 31.2 Å². The summed E-state index contributed by atoms with van der Waals surface area (Å²) in [6.45, 7) is 2.77. The zero-order valence-corrected chi connectivity index (χ0v) is 12.6. The molecular formula is C16H19N2O4+. The quantitative estimate of drug-likeness (QED) is 0.866. The van der Waals surface area contributed by atoms with Gasteiger partial charge in [-0.2, -0.15) is 0 Å². The van der Waals surface area contributed by atoms with Crippen molar-refractivity contribution < 1.29 is 23.6 Å². The van der Waals surface area contributed by atoms with Crippen molar-refractivity contribution >= 4 is 11.6 Å². The topological polar surface area (TPSA) is 65.1 Å². The highest BCUT2D eigenvalue weighted by Gasteiger charge is 2.23. The Balaban J connectivity index is 1.61. The molecule has 0 saturated heterocycles. The van der Waals surface area contributed by atoms with Crippen LogP contribution in [0.2, 0.25) is 0 Å². The molecule has 2 atom stereocenters. The summed E-state index contributed by atoms with van der Waals surface area (Å²) in [6, 6.07) is 8.92. The minimum absolute atomic E-state index is 0.0529. The summed E-state index contributed by atoms with van der Waals surface area (Å²) in [6.07, 6.45) is 1.64. The molecule has 1 aliphatic heterocycles. The number of carbonyl (C=O) groups is 1. The Morgan fingerprint density at radius 2 is 2.14 bits per heavy atom. The zero-order chi connectivity index (χ0) is 15.5. The van der Waals surface area contributed by atoms with E-state index in [1.165, 1.54) is 0 Å². The van der Waals surface area contributed by atoms with E-state index < -0.39 is 0 Å². The highest BCUT2D eigenvalue weighted by Crippen LogP contribution is 2.34. The Morgan fingerprint density at radius 3 is 2.91 bits per heavy atom. The fourth-order valence-corrected chi connectivity index (χ4v) is 2.29. The second-order valence-electron chi connectivity index (χ2n) is 5.38. The van der Waals surface area contributed by atoms with Crippen LogP contribution in [0.25, 0.3) is 0 Å². The fraction of sp³-hybridized carbons (Fsp3) is 0.312. The molecule has 0 saturated carbocycles. The van der Waals surface area contributed by atoms with Crippen LogP contribution in [0.15, 0.2) is 41.0 Å². The van der Waals surface area contributed by atoms with Gasteiger partial charge in [-0.1, -0.05) is 0 Å². The summed E-state index contributed by atoms with van der Waals surface area (Å²) in [4.78, 5) is 13.4. The minimum Gasteiger partial charge on any atom is -0.463 e. The van der Waals surface area contributed by atoms with Crippen LogP contribution in [0, 0.1) is 0 Å². The van der Waals surface area contributed by atoms with Crippen molar-refractivity contribution in [2.24, 2.45) is 0 Å². The molecule has 2 heterocycles. The maximum Gasteiger partial charge on any atom is 0.282 e. The summed E-state index contributed by atoms with van der Waals surface area (Å²) in [5.74, 6) is 2.16. The minimum atomic E-state index is -0.212. The van der Waals surface area contributed by atoms with Crippen LogP contribution in [-0.4, -0.2) is 25.8 Å². The Morgan fingerprint density at radius 1 is 1.32 bits per heavy atom. The number of nitrogens with one attached hydrogen (secondary N) is 2. The van der Waals surface area contributed by atoms with Crippen LogP contribution < -0.4 is 19.7 Å². The lowest BCUT2D eigenvalue weighted by Gasteiger charge is -2.20. The first-order chi connectivity index (χ1) is 10.6. The molecule has 0 bridgehead atoms. The monoisotopic (exact) mass is 303 g/mol. The number of amides is 1. The number of anilines is 1. The van der Waals surface area contributed by atoms with Gasteiger partial charge in [0.1, 0.15) is 6.54 Å². The number of hydrogen-bond acceptors (Lipinski definition) is 4. The molecule has 1 aromatic heterocycles. The lowest BCUT2D eigenvalue weighted by Crippen LogP contribution is -3.12. The van der Waals surface area contributed by atoms with E-state index in [0.29, 0.717) is 23.7 Å². The van der Waals surface area contributed by atoms with Crippen LogP contribution in [0.1, 0.15) is 12.7 Å². The Kier molecular flexibility index (Phi) is 4.02. The van der Waals surface area contributed by atoms with Crippen molar-refractivity contribution in [1.29, 1.82) is 0 Å². The fourth-order valence-electron chi connectivity index (χ4n) is 2.29. The zero-order valence-electron chi connectivity index (χ0n) is 12.6. The number of likely N-dealkylation sites (N-methyl/N-ethyl adjacent to an activating group) is 1. The van der Waals surface area contributed by atoms with Crippen molar-refractivity contribution in [2.75, 3.05) is 19.2 Å². The molecule has 6 nitrogen and oxygen atoms in total. The van der Waals surface area contributed by atoms with Crippen molar-refractivity contribution in [1.82, 2.24) is 0 Å². The van der Waals surface area contributed by atoms with Crippen molar-refractivity contribution in [2.45, 2.75) is 19.5 Å². The highest BCUT2D eigenvalue weighted by molar-refractivity contribution is 5.93. The average Bonchev–Trinajstić information content (AvgIpc) is 3.16. The predicted molar refractivity (Wildman–Crippen MR) is 80.0 cm³/mol. The second kappa shape index (κ2) is 6.11. The first-order valence-corrected chi connectivity index (χ1v) is 7.18. The molecule has 0 aliphatic carbocycles. The van der Waals surface area contributed by atoms with E-state index in [2.05, 4.69) is 5.32 Å². The number of carbonyl (C=O) groups excluding carboxylic acids is 1. The number of hydrogen-bond donors (Lipinski definition) is 2. The Labute approximate surface area is 128 Å². The summed E-state index contributed by atoms with van der Waals surface area (Å²) in [7, 11) is 1.96. The Bertz CT molecular complexity index is 654. The highest BCUT2D eigenvalue weighted by atomic mass is 16.7. The number of rotatable bonds is 5. The van der Waals surface area contributed by atoms with Gasteiger partial charge in [-0.25, -0.2) is 0 Å². The van der Waals surface area contributed by atoms with Gasteiger partial charge in [0.2, 0.25) is 6.79 Å². The Hall–Kier alpha value is -2.47. The normalized spacial score (nSPS) is 15.4. The molecule has 1 unspecified atom stereocenters. The standard InChI is InChI=1S/C16H18N2O4/c1-11(18(2)9-13-4-3-7-20-13)16(19)17-12-5-6-14-15(8-12)22-10-21-14/h3-8,11H,9-10H2,1-2H3,(H,17,19)/p+1/t11-/m1/s1. The number of ether oxygens (including phenoxy) is 2. The molecule has 0 radical (unpaired) electrons. The van der Waals surface area contributed by atoms with Crippen LogP contribution >= 0.6 is 0 Å². The van der Waals surface area contributed by atoms with Gasteiger partial charge < -0.3 is 24.1 Å². The molecule has 22 heavy (non-hydrogen) atoms. The van der Waals surface area contributed by atoms with E-state index in [1.54, 1.807) is 24.5 Å². The van der Waals surface area contributed by atoms with Crippen LogP contribution in [0.3, 0.4) is 0 Å². The second-order valence-corrected chi connectivity index (χ2v) is 5.38. The maximum absolute atomic E-state index is 12.3. The molecule has 6 heteroatoms. The molecule has 2 N–H and O–H groups in total. The first-order valence-electron chi connectivity index (χ1n) is 7.18. The van der Waals surface area contributed by atoms with Crippen LogP contribution in [0.5, 0.6) is 11.5 Å². The third kappa shape index (κ3) is 3.07. The lowest BCUT2D eigenvalue weighted by molar-refractivity contribution is -0.908. The summed E-state index contributed by atoms with van der Waals surface area (Å²) in [5.41, 5.74) is 0.701. The molecule has 0 fully saturated rings. The van der Waals surface area contributed by atoms with Crippen molar-refractivity contribution in [3.05, 3.63) is 42.4 Å². The van der Waals surface area contributed by atoms with Crippen LogP contribution in [0.4, 0.5) is 5.69 Å². The molecule has 1 aromatic carbocycles. The maximum atomic E-state index is 12.3. The van der Waals surface area contributed by atoms with Crippen molar-refractivity contribution in [3.63, 3.8) is 0 Å². The number of fused-ring (bicyclic) bond motifs is 1. The molecule has 116 valence electrons. The van der Waals surface area contributed by atoms with E-state index in [4.69, 9.17) is 13.9 Å². The van der Waals surface area contributed by atoms with Crippen LogP contribution in [-0.2, 0) is 11.3 Å². The third-order valence-corrected chi connectivity index (χ3v) is 3.81. The smallest absolute Gasteiger partial charge is 0.282 e. The first kappa shape index (κ1) is 14.5. The number of furan rings is 1. The van der Waals surface area contributed by atoms with Gasteiger partial charge in [0.15, 0.2) is 23.3 Å². The van der Waals surface area contributed by atoms with E-state index in [0.717, 1.165) is 10.7 Å². The van der Waals surface area contributed by atoms with Crippen molar-refractivity contribution in [3.8, 4) is 11.5 Å². The van der Waals surface area contributed by atoms with E-state index in [1.807, 2.05) is 26.1 Å². The van der Waals surface area contributed by atoms with Gasteiger partial charge in [0, 0.05) is 11.8 Å². The SMILES string of the molecule is C[C@H](C(=O)Nc1ccc2c(c1)OCO2)[NH+](C)Cc1ccco1.